The molecule has 0 aliphatic rings. The van der Waals surface area contributed by atoms with Crippen molar-refractivity contribution < 1.29 is 22.4 Å². The van der Waals surface area contributed by atoms with E-state index in [9.17, 15) is 18.0 Å². The van der Waals surface area contributed by atoms with Gasteiger partial charge < -0.3 is 4.42 Å². The van der Waals surface area contributed by atoms with Gasteiger partial charge >= 0.3 is 6.18 Å². The third-order valence-corrected chi connectivity index (χ3v) is 3.59. The maximum atomic E-state index is 12.4. The fraction of sp³-hybridized carbons (Fsp3) is 0.214. The molecule has 20 heavy (non-hydrogen) atoms. The van der Waals surface area contributed by atoms with E-state index >= 15 is 0 Å². The Morgan fingerprint density at radius 1 is 1.15 bits per heavy atom. The molecule has 106 valence electrons. The van der Waals surface area contributed by atoms with Crippen LogP contribution in [0.25, 0.3) is 0 Å². The molecule has 0 atom stereocenters. The minimum Gasteiger partial charge on any atom is -0.461 e. The lowest BCUT2D eigenvalue weighted by atomic mass is 10.2. The summed E-state index contributed by atoms with van der Waals surface area (Å²) in [6.45, 7) is 0. The summed E-state index contributed by atoms with van der Waals surface area (Å²) in [6.07, 6.45) is -2.62. The van der Waals surface area contributed by atoms with Gasteiger partial charge in [-0.15, -0.1) is 11.8 Å². The third kappa shape index (κ3) is 3.90. The summed E-state index contributed by atoms with van der Waals surface area (Å²) in [4.78, 5) is 12.3. The largest absolute Gasteiger partial charge is 0.461 e. The SMILES string of the molecule is O=C(CCSc1ccc(C(F)(F)F)cc1)c1ccco1. The van der Waals surface area contributed by atoms with Gasteiger partial charge in [0.1, 0.15) is 0 Å². The predicted octanol–water partition coefficient (Wildman–Crippen LogP) is 4.66. The predicted molar refractivity (Wildman–Crippen MR) is 69.8 cm³/mol. The van der Waals surface area contributed by atoms with Crippen molar-refractivity contribution in [2.24, 2.45) is 0 Å². The number of Topliss-reactive ketones (excluding diaryl/α,β-unsaturated/α-hetero) is 1. The molecule has 2 aromatic rings. The molecular formula is C14H11F3O2S. The van der Waals surface area contributed by atoms with Gasteiger partial charge in [0.05, 0.1) is 11.8 Å². The number of benzene rings is 1. The highest BCUT2D eigenvalue weighted by molar-refractivity contribution is 7.99. The number of hydrogen-bond acceptors (Lipinski definition) is 3. The number of thioether (sulfide) groups is 1. The molecule has 0 unspecified atom stereocenters. The van der Waals surface area contributed by atoms with Gasteiger partial charge in [0.2, 0.25) is 0 Å². The molecule has 0 saturated heterocycles. The number of rotatable bonds is 5. The first kappa shape index (κ1) is 14.7. The minimum absolute atomic E-state index is 0.116. The van der Waals surface area contributed by atoms with Gasteiger partial charge in [0.25, 0.3) is 0 Å². The highest BCUT2D eigenvalue weighted by Gasteiger charge is 2.29. The summed E-state index contributed by atoms with van der Waals surface area (Å²) in [5, 5.41) is 0. The zero-order valence-electron chi connectivity index (χ0n) is 10.3. The van der Waals surface area contributed by atoms with E-state index in [1.807, 2.05) is 0 Å². The molecule has 0 fully saturated rings. The van der Waals surface area contributed by atoms with Crippen LogP contribution in [0.15, 0.2) is 52.0 Å². The van der Waals surface area contributed by atoms with Crippen molar-refractivity contribution in [2.75, 3.05) is 5.75 Å². The zero-order valence-corrected chi connectivity index (χ0v) is 11.1. The monoisotopic (exact) mass is 300 g/mol. The summed E-state index contributed by atoms with van der Waals surface area (Å²) in [5.74, 6) is 0.678. The Morgan fingerprint density at radius 2 is 1.85 bits per heavy atom. The van der Waals surface area contributed by atoms with Gasteiger partial charge in [-0.1, -0.05) is 0 Å². The fourth-order valence-electron chi connectivity index (χ4n) is 1.56. The second-order valence-corrected chi connectivity index (χ2v) is 5.19. The van der Waals surface area contributed by atoms with Crippen molar-refractivity contribution in [3.8, 4) is 0 Å². The van der Waals surface area contributed by atoms with Crippen LogP contribution in [-0.2, 0) is 6.18 Å². The third-order valence-electron chi connectivity index (χ3n) is 2.58. The number of carbonyl (C=O) groups excluding carboxylic acids is 1. The van der Waals surface area contributed by atoms with E-state index in [1.54, 1.807) is 12.1 Å². The van der Waals surface area contributed by atoms with Crippen LogP contribution in [0.2, 0.25) is 0 Å². The van der Waals surface area contributed by atoms with E-state index in [0.717, 1.165) is 12.1 Å². The van der Waals surface area contributed by atoms with E-state index in [-0.39, 0.29) is 12.2 Å². The van der Waals surface area contributed by atoms with Crippen molar-refractivity contribution in [3.05, 3.63) is 54.0 Å². The lowest BCUT2D eigenvalue weighted by Gasteiger charge is -2.07. The van der Waals surface area contributed by atoms with E-state index < -0.39 is 11.7 Å². The fourth-order valence-corrected chi connectivity index (χ4v) is 2.41. The number of furan rings is 1. The van der Waals surface area contributed by atoms with Crippen LogP contribution in [-0.4, -0.2) is 11.5 Å². The number of alkyl halides is 3. The Balaban J connectivity index is 1.84. The molecule has 0 N–H and O–H groups in total. The maximum absolute atomic E-state index is 12.4. The highest BCUT2D eigenvalue weighted by atomic mass is 32.2. The standard InChI is InChI=1S/C14H11F3O2S/c15-14(16,17)10-3-5-11(6-4-10)20-9-7-12(18)13-2-1-8-19-13/h1-6,8H,7,9H2. The molecule has 1 aromatic carbocycles. The van der Waals surface area contributed by atoms with Crippen LogP contribution in [0, 0.1) is 0 Å². The molecular weight excluding hydrogens is 289 g/mol. The average molecular weight is 300 g/mol. The Hall–Kier alpha value is -1.69. The summed E-state index contributed by atoms with van der Waals surface area (Å²) < 4.78 is 42.1. The molecule has 0 saturated carbocycles. The normalized spacial score (nSPS) is 11.6. The zero-order chi connectivity index (χ0) is 14.6. The highest BCUT2D eigenvalue weighted by Crippen LogP contribution is 2.30. The Labute approximate surface area is 118 Å². The molecule has 1 aromatic heterocycles. The Morgan fingerprint density at radius 3 is 2.40 bits per heavy atom. The van der Waals surface area contributed by atoms with Gasteiger partial charge in [0.15, 0.2) is 11.5 Å². The lowest BCUT2D eigenvalue weighted by Crippen LogP contribution is -2.04. The van der Waals surface area contributed by atoms with Crippen molar-refractivity contribution in [1.82, 2.24) is 0 Å². The summed E-state index contributed by atoms with van der Waals surface area (Å²) in [7, 11) is 0. The van der Waals surface area contributed by atoms with Crippen molar-refractivity contribution >= 4 is 17.5 Å². The van der Waals surface area contributed by atoms with Crippen LogP contribution in [0.4, 0.5) is 13.2 Å². The van der Waals surface area contributed by atoms with E-state index in [4.69, 9.17) is 4.42 Å². The van der Waals surface area contributed by atoms with Gasteiger partial charge in [-0.3, -0.25) is 4.79 Å². The molecule has 0 bridgehead atoms. The van der Waals surface area contributed by atoms with Crippen molar-refractivity contribution in [2.45, 2.75) is 17.5 Å². The van der Waals surface area contributed by atoms with E-state index in [1.165, 1.54) is 30.2 Å². The quantitative estimate of drug-likeness (QED) is 0.594. The maximum Gasteiger partial charge on any atom is 0.416 e. The smallest absolute Gasteiger partial charge is 0.416 e. The van der Waals surface area contributed by atoms with Gasteiger partial charge in [-0.2, -0.15) is 13.2 Å². The van der Waals surface area contributed by atoms with Crippen molar-refractivity contribution in [1.29, 1.82) is 0 Å². The van der Waals surface area contributed by atoms with Crippen LogP contribution in [0.1, 0.15) is 22.5 Å². The molecule has 1 heterocycles. The summed E-state index contributed by atoms with van der Waals surface area (Å²) in [6, 6.07) is 8.12. The molecule has 0 spiro atoms. The topological polar surface area (TPSA) is 30.2 Å². The van der Waals surface area contributed by atoms with Crippen LogP contribution < -0.4 is 0 Å². The minimum atomic E-state index is -4.32. The van der Waals surface area contributed by atoms with Gasteiger partial charge in [-0.25, -0.2) is 0 Å². The molecule has 0 aliphatic carbocycles. The van der Waals surface area contributed by atoms with Gasteiger partial charge in [0, 0.05) is 17.1 Å². The first-order valence-electron chi connectivity index (χ1n) is 5.83. The average Bonchev–Trinajstić information content (AvgIpc) is 2.92. The number of ketones is 1. The Kier molecular flexibility index (Phi) is 4.54. The first-order valence-corrected chi connectivity index (χ1v) is 6.82. The second kappa shape index (κ2) is 6.17. The second-order valence-electron chi connectivity index (χ2n) is 4.02. The summed E-state index contributed by atoms with van der Waals surface area (Å²) >= 11 is 1.34. The Bertz CT molecular complexity index is 559. The first-order chi connectivity index (χ1) is 9.47. The summed E-state index contributed by atoms with van der Waals surface area (Å²) in [5.41, 5.74) is -0.673. The molecule has 0 radical (unpaired) electrons. The number of hydrogen-bond donors (Lipinski definition) is 0. The van der Waals surface area contributed by atoms with Crippen LogP contribution in [0.3, 0.4) is 0 Å². The molecule has 2 rings (SSSR count). The van der Waals surface area contributed by atoms with Crippen molar-refractivity contribution in [3.63, 3.8) is 0 Å². The van der Waals surface area contributed by atoms with Crippen LogP contribution in [0.5, 0.6) is 0 Å². The lowest BCUT2D eigenvalue weighted by molar-refractivity contribution is -0.137. The molecule has 0 amide bonds. The van der Waals surface area contributed by atoms with Crippen LogP contribution >= 0.6 is 11.8 Å². The molecule has 2 nitrogen and oxygen atoms in total. The van der Waals surface area contributed by atoms with Gasteiger partial charge in [-0.05, 0) is 36.4 Å². The van der Waals surface area contributed by atoms with E-state index in [2.05, 4.69) is 0 Å². The number of halogens is 3. The molecule has 6 heteroatoms. The number of carbonyl (C=O) groups is 1. The molecule has 0 aliphatic heterocycles. The van der Waals surface area contributed by atoms with E-state index in [0.29, 0.717) is 16.4 Å².